The Kier molecular flexibility index (Phi) is 2.76. The van der Waals surface area contributed by atoms with E-state index in [1.807, 2.05) is 0 Å². The summed E-state index contributed by atoms with van der Waals surface area (Å²) in [5, 5.41) is 9.02. The molecule has 1 aromatic rings. The Balaban J connectivity index is 3.07. The van der Waals surface area contributed by atoms with Gasteiger partial charge in [0.15, 0.2) is 0 Å². The molecule has 1 unspecified atom stereocenters. The number of hydrogen-bond acceptors (Lipinski definition) is 1. The lowest BCUT2D eigenvalue weighted by atomic mass is 10.1. The van der Waals surface area contributed by atoms with E-state index in [9.17, 15) is 8.78 Å². The third-order valence-corrected chi connectivity index (χ3v) is 1.73. The van der Waals surface area contributed by atoms with Crippen LogP contribution in [0.2, 0.25) is 0 Å². The minimum Gasteiger partial charge on any atom is -0.386 e. The summed E-state index contributed by atoms with van der Waals surface area (Å²) in [6.45, 7) is 0.615. The number of hydrogen-bond donors (Lipinski definition) is 1. The first kappa shape index (κ1) is 9.13. The highest BCUT2D eigenvalue weighted by molar-refractivity contribution is 5.26. The minimum absolute atomic E-state index is 0.0255. The highest BCUT2D eigenvalue weighted by Crippen LogP contribution is 2.19. The number of halogens is 2. The first-order valence-corrected chi connectivity index (χ1v) is 3.66. The molecular formula is C9H10F2O. The van der Waals surface area contributed by atoms with Crippen molar-refractivity contribution in [3.63, 3.8) is 0 Å². The van der Waals surface area contributed by atoms with Crippen molar-refractivity contribution in [1.29, 1.82) is 0 Å². The smallest absolute Gasteiger partial charge is 0.132 e. The topological polar surface area (TPSA) is 20.2 Å². The molecule has 0 saturated heterocycles. The van der Waals surface area contributed by atoms with Crippen molar-refractivity contribution in [1.82, 2.24) is 0 Å². The Morgan fingerprint density at radius 2 is 2.17 bits per heavy atom. The Morgan fingerprint density at radius 3 is 2.75 bits per heavy atom. The van der Waals surface area contributed by atoms with E-state index in [1.165, 1.54) is 6.07 Å². The molecule has 0 bridgehead atoms. The first-order chi connectivity index (χ1) is 5.66. The molecule has 0 heterocycles. The van der Waals surface area contributed by atoms with Crippen LogP contribution in [0, 0.1) is 12.7 Å². The van der Waals surface area contributed by atoms with E-state index in [0.29, 0.717) is 5.56 Å². The molecule has 0 fully saturated rings. The van der Waals surface area contributed by atoms with Crippen molar-refractivity contribution in [2.75, 3.05) is 6.67 Å². The molecule has 0 amide bonds. The molecule has 0 saturated carbocycles. The SMILES string of the molecule is Cc1cccc(C(O)CF)c1F. The van der Waals surface area contributed by atoms with Gasteiger partial charge >= 0.3 is 0 Å². The van der Waals surface area contributed by atoms with Gasteiger partial charge in [0, 0.05) is 5.56 Å². The molecule has 0 spiro atoms. The second-order valence-electron chi connectivity index (χ2n) is 2.65. The Morgan fingerprint density at radius 1 is 1.50 bits per heavy atom. The van der Waals surface area contributed by atoms with E-state index >= 15 is 0 Å². The van der Waals surface area contributed by atoms with Crippen molar-refractivity contribution >= 4 is 0 Å². The molecule has 1 N–H and O–H groups in total. The maximum absolute atomic E-state index is 13.1. The summed E-state index contributed by atoms with van der Waals surface area (Å²) in [4.78, 5) is 0. The quantitative estimate of drug-likeness (QED) is 0.724. The van der Waals surface area contributed by atoms with Crippen LogP contribution in [0.25, 0.3) is 0 Å². The third-order valence-electron chi connectivity index (χ3n) is 1.73. The number of benzene rings is 1. The lowest BCUT2D eigenvalue weighted by Crippen LogP contribution is -2.03. The number of aryl methyl sites for hydroxylation is 1. The molecule has 0 aliphatic carbocycles. The largest absolute Gasteiger partial charge is 0.386 e. The van der Waals surface area contributed by atoms with Crippen LogP contribution in [0.3, 0.4) is 0 Å². The molecule has 1 rings (SSSR count). The number of rotatable bonds is 2. The molecule has 66 valence electrons. The molecule has 12 heavy (non-hydrogen) atoms. The van der Waals surface area contributed by atoms with E-state index in [2.05, 4.69) is 0 Å². The zero-order valence-corrected chi connectivity index (χ0v) is 6.72. The summed E-state index contributed by atoms with van der Waals surface area (Å²) in [6, 6.07) is 4.54. The van der Waals surface area contributed by atoms with E-state index in [4.69, 9.17) is 5.11 Å². The zero-order valence-electron chi connectivity index (χ0n) is 6.72. The predicted molar refractivity (Wildman–Crippen MR) is 42.1 cm³/mol. The standard InChI is InChI=1S/C9H10F2O/c1-6-3-2-4-7(9(6)11)8(12)5-10/h2-4,8,12H,5H2,1H3. The summed E-state index contributed by atoms with van der Waals surface area (Å²) in [5.74, 6) is -0.525. The van der Waals surface area contributed by atoms with Gasteiger partial charge in [-0.15, -0.1) is 0 Å². The van der Waals surface area contributed by atoms with Gasteiger partial charge in [-0.1, -0.05) is 18.2 Å². The molecular weight excluding hydrogens is 162 g/mol. The Labute approximate surface area is 69.7 Å². The number of alkyl halides is 1. The fraction of sp³-hybridized carbons (Fsp3) is 0.333. The Bertz CT molecular complexity index is 273. The zero-order chi connectivity index (χ0) is 9.14. The van der Waals surface area contributed by atoms with E-state index in [-0.39, 0.29) is 5.56 Å². The molecule has 0 aromatic heterocycles. The third kappa shape index (κ3) is 1.61. The van der Waals surface area contributed by atoms with Crippen molar-refractivity contribution in [2.24, 2.45) is 0 Å². The van der Waals surface area contributed by atoms with Gasteiger partial charge in [-0.25, -0.2) is 8.78 Å². The van der Waals surface area contributed by atoms with Crippen molar-refractivity contribution in [3.8, 4) is 0 Å². The molecule has 3 heteroatoms. The second kappa shape index (κ2) is 3.63. The van der Waals surface area contributed by atoms with Crippen molar-refractivity contribution in [3.05, 3.63) is 35.1 Å². The average molecular weight is 172 g/mol. The van der Waals surface area contributed by atoms with Crippen LogP contribution >= 0.6 is 0 Å². The normalized spacial score (nSPS) is 13.0. The van der Waals surface area contributed by atoms with Crippen LogP contribution in [-0.4, -0.2) is 11.8 Å². The van der Waals surface area contributed by atoms with Crippen LogP contribution in [0.4, 0.5) is 8.78 Å². The molecule has 1 nitrogen and oxygen atoms in total. The van der Waals surface area contributed by atoms with E-state index < -0.39 is 18.6 Å². The highest BCUT2D eigenvalue weighted by atomic mass is 19.1. The molecule has 0 radical (unpaired) electrons. The predicted octanol–water partition coefficient (Wildman–Crippen LogP) is 2.14. The van der Waals surface area contributed by atoms with Gasteiger partial charge in [0.2, 0.25) is 0 Å². The maximum Gasteiger partial charge on any atom is 0.132 e. The summed E-state index contributed by atoms with van der Waals surface area (Å²) in [5.41, 5.74) is 0.442. The number of aliphatic hydroxyl groups excluding tert-OH is 1. The summed E-state index contributed by atoms with van der Waals surface area (Å²) in [7, 11) is 0. The lowest BCUT2D eigenvalue weighted by Gasteiger charge is -2.08. The van der Waals surface area contributed by atoms with Crippen LogP contribution in [-0.2, 0) is 0 Å². The molecule has 1 atom stereocenters. The maximum atomic E-state index is 13.1. The minimum atomic E-state index is -1.34. The average Bonchev–Trinajstić information content (AvgIpc) is 2.08. The lowest BCUT2D eigenvalue weighted by molar-refractivity contribution is 0.137. The summed E-state index contributed by atoms with van der Waals surface area (Å²) >= 11 is 0. The van der Waals surface area contributed by atoms with Gasteiger partial charge in [-0.2, -0.15) is 0 Å². The van der Waals surface area contributed by atoms with Crippen LogP contribution in [0.1, 0.15) is 17.2 Å². The monoisotopic (exact) mass is 172 g/mol. The fourth-order valence-corrected chi connectivity index (χ4v) is 1.01. The fourth-order valence-electron chi connectivity index (χ4n) is 1.01. The molecule has 0 aliphatic rings. The molecule has 1 aromatic carbocycles. The summed E-state index contributed by atoms with van der Waals surface area (Å²) < 4.78 is 25.1. The van der Waals surface area contributed by atoms with Gasteiger partial charge in [0.1, 0.15) is 18.6 Å². The summed E-state index contributed by atoms with van der Waals surface area (Å²) in [6.07, 6.45) is -1.34. The highest BCUT2D eigenvalue weighted by Gasteiger charge is 2.12. The van der Waals surface area contributed by atoms with Gasteiger partial charge in [0.25, 0.3) is 0 Å². The van der Waals surface area contributed by atoms with Gasteiger partial charge in [-0.05, 0) is 12.5 Å². The Hall–Kier alpha value is -0.960. The van der Waals surface area contributed by atoms with Crippen molar-refractivity contribution in [2.45, 2.75) is 13.0 Å². The van der Waals surface area contributed by atoms with E-state index in [1.54, 1.807) is 19.1 Å². The van der Waals surface area contributed by atoms with E-state index in [0.717, 1.165) is 0 Å². The number of aliphatic hydroxyl groups is 1. The van der Waals surface area contributed by atoms with Crippen molar-refractivity contribution < 1.29 is 13.9 Å². The second-order valence-corrected chi connectivity index (χ2v) is 2.65. The first-order valence-electron chi connectivity index (χ1n) is 3.66. The van der Waals surface area contributed by atoms with Gasteiger partial charge in [-0.3, -0.25) is 0 Å². The molecule has 0 aliphatic heterocycles. The van der Waals surface area contributed by atoms with Gasteiger partial charge in [0.05, 0.1) is 0 Å². The van der Waals surface area contributed by atoms with Crippen LogP contribution in [0.15, 0.2) is 18.2 Å². The van der Waals surface area contributed by atoms with Crippen LogP contribution < -0.4 is 0 Å². The van der Waals surface area contributed by atoms with Crippen LogP contribution in [0.5, 0.6) is 0 Å². The van der Waals surface area contributed by atoms with Gasteiger partial charge < -0.3 is 5.11 Å².